The molecule has 0 saturated heterocycles. The van der Waals surface area contributed by atoms with Crippen molar-refractivity contribution >= 4 is 5.97 Å². The molecule has 0 atom stereocenters. The highest BCUT2D eigenvalue weighted by Gasteiger charge is 2.01. The third kappa shape index (κ3) is 3.43. The summed E-state index contributed by atoms with van der Waals surface area (Å²) in [7, 11) is 0. The van der Waals surface area contributed by atoms with Gasteiger partial charge in [-0.25, -0.2) is 0 Å². The molecule has 0 amide bonds. The van der Waals surface area contributed by atoms with Crippen LogP contribution in [0.5, 0.6) is 5.75 Å². The molecule has 1 aromatic heterocycles. The van der Waals surface area contributed by atoms with Crippen molar-refractivity contribution in [2.75, 3.05) is 6.61 Å². The molecule has 76 valence electrons. The van der Waals surface area contributed by atoms with Crippen LogP contribution in [0, 0.1) is 0 Å². The average Bonchev–Trinajstić information content (AvgIpc) is 2.16. The second-order valence-corrected chi connectivity index (χ2v) is 2.86. The van der Waals surface area contributed by atoms with Crippen LogP contribution in [-0.4, -0.2) is 22.7 Å². The number of carbonyl (C=O) groups is 1. The molecule has 1 N–H and O–H groups in total. The number of hydrogen-bond acceptors (Lipinski definition) is 3. The van der Waals surface area contributed by atoms with E-state index in [4.69, 9.17) is 9.84 Å². The van der Waals surface area contributed by atoms with Crippen molar-refractivity contribution in [2.45, 2.75) is 19.8 Å². The minimum absolute atomic E-state index is 0.122. The van der Waals surface area contributed by atoms with Gasteiger partial charge in [0.05, 0.1) is 12.8 Å². The molecule has 0 radical (unpaired) electrons. The number of nitrogens with zero attached hydrogens (tertiary/aromatic N) is 1. The Morgan fingerprint density at radius 1 is 1.57 bits per heavy atom. The van der Waals surface area contributed by atoms with Gasteiger partial charge in [-0.3, -0.25) is 9.78 Å². The Labute approximate surface area is 82.5 Å². The highest BCUT2D eigenvalue weighted by Crippen LogP contribution is 2.12. The van der Waals surface area contributed by atoms with E-state index in [1.165, 1.54) is 0 Å². The van der Waals surface area contributed by atoms with Crippen molar-refractivity contribution in [1.82, 2.24) is 4.98 Å². The number of aliphatic carboxylic acids is 1. The summed E-state index contributed by atoms with van der Waals surface area (Å²) in [5.74, 6) is -0.109. The first kappa shape index (κ1) is 10.5. The van der Waals surface area contributed by atoms with Gasteiger partial charge in [0.1, 0.15) is 5.75 Å². The fourth-order valence-corrected chi connectivity index (χ4v) is 1.10. The van der Waals surface area contributed by atoms with Crippen LogP contribution in [0.1, 0.15) is 18.9 Å². The predicted octanol–water partition coefficient (Wildman–Crippen LogP) is 1.50. The Morgan fingerprint density at radius 3 is 3.00 bits per heavy atom. The molecule has 1 aromatic rings. The summed E-state index contributed by atoms with van der Waals surface area (Å²) in [4.78, 5) is 14.3. The lowest BCUT2D eigenvalue weighted by Crippen LogP contribution is -1.99. The van der Waals surface area contributed by atoms with Crippen LogP contribution in [0.15, 0.2) is 18.5 Å². The molecule has 0 saturated carbocycles. The van der Waals surface area contributed by atoms with Gasteiger partial charge in [0.15, 0.2) is 0 Å². The number of carboxylic acids is 1. The first-order chi connectivity index (χ1) is 6.72. The number of aryl methyl sites for hydroxylation is 1. The van der Waals surface area contributed by atoms with Gasteiger partial charge in [0, 0.05) is 12.6 Å². The van der Waals surface area contributed by atoms with E-state index >= 15 is 0 Å². The largest absolute Gasteiger partial charge is 0.492 e. The second kappa shape index (κ2) is 5.21. The molecule has 14 heavy (non-hydrogen) atoms. The standard InChI is InChI=1S/C10H13NO3/c1-2-14-9-5-8(6-11-7-9)3-4-10(12)13/h5-7H,2-4H2,1H3,(H,12,13). The van der Waals surface area contributed by atoms with E-state index in [9.17, 15) is 4.79 Å². The zero-order valence-corrected chi connectivity index (χ0v) is 8.06. The fraction of sp³-hybridized carbons (Fsp3) is 0.400. The third-order valence-electron chi connectivity index (χ3n) is 1.71. The van der Waals surface area contributed by atoms with E-state index in [0.717, 1.165) is 5.56 Å². The maximum atomic E-state index is 10.3. The number of hydrogen-bond donors (Lipinski definition) is 1. The van der Waals surface area contributed by atoms with Gasteiger partial charge in [-0.05, 0) is 25.0 Å². The first-order valence-corrected chi connectivity index (χ1v) is 4.51. The van der Waals surface area contributed by atoms with E-state index in [1.54, 1.807) is 12.4 Å². The number of pyridine rings is 1. The van der Waals surface area contributed by atoms with Crippen LogP contribution >= 0.6 is 0 Å². The maximum absolute atomic E-state index is 10.3. The van der Waals surface area contributed by atoms with Crippen LogP contribution in [0.2, 0.25) is 0 Å². The van der Waals surface area contributed by atoms with Gasteiger partial charge in [-0.1, -0.05) is 0 Å². The number of ether oxygens (including phenoxy) is 1. The van der Waals surface area contributed by atoms with Crippen LogP contribution in [-0.2, 0) is 11.2 Å². The summed E-state index contributed by atoms with van der Waals surface area (Å²) in [6.45, 7) is 2.48. The highest BCUT2D eigenvalue weighted by molar-refractivity contribution is 5.67. The highest BCUT2D eigenvalue weighted by atomic mass is 16.5. The molecule has 0 bridgehead atoms. The third-order valence-corrected chi connectivity index (χ3v) is 1.71. The molecule has 0 aliphatic rings. The van der Waals surface area contributed by atoms with Gasteiger partial charge < -0.3 is 9.84 Å². The molecule has 0 spiro atoms. The lowest BCUT2D eigenvalue weighted by atomic mass is 10.1. The average molecular weight is 195 g/mol. The van der Waals surface area contributed by atoms with Crippen molar-refractivity contribution in [1.29, 1.82) is 0 Å². The Morgan fingerprint density at radius 2 is 2.36 bits per heavy atom. The predicted molar refractivity (Wildman–Crippen MR) is 51.4 cm³/mol. The molecule has 1 rings (SSSR count). The molecule has 4 nitrogen and oxygen atoms in total. The summed E-state index contributed by atoms with van der Waals surface area (Å²) in [6.07, 6.45) is 3.89. The second-order valence-electron chi connectivity index (χ2n) is 2.86. The molecule has 0 fully saturated rings. The molecule has 0 aromatic carbocycles. The van der Waals surface area contributed by atoms with E-state index in [1.807, 2.05) is 13.0 Å². The topological polar surface area (TPSA) is 59.4 Å². The number of aromatic nitrogens is 1. The zero-order valence-electron chi connectivity index (χ0n) is 8.06. The SMILES string of the molecule is CCOc1cncc(CCC(=O)O)c1. The van der Waals surface area contributed by atoms with E-state index < -0.39 is 5.97 Å². The Bertz CT molecular complexity index is 312. The summed E-state index contributed by atoms with van der Waals surface area (Å²) >= 11 is 0. The van der Waals surface area contributed by atoms with E-state index in [-0.39, 0.29) is 6.42 Å². The quantitative estimate of drug-likeness (QED) is 0.773. The summed E-state index contributed by atoms with van der Waals surface area (Å²) in [6, 6.07) is 1.82. The molecule has 0 aliphatic carbocycles. The summed E-state index contributed by atoms with van der Waals surface area (Å²) in [5, 5.41) is 8.50. The first-order valence-electron chi connectivity index (χ1n) is 4.51. The zero-order chi connectivity index (χ0) is 10.4. The summed E-state index contributed by atoms with van der Waals surface area (Å²) < 4.78 is 5.24. The molecule has 0 unspecified atom stereocenters. The summed E-state index contributed by atoms with van der Waals surface area (Å²) in [5.41, 5.74) is 0.887. The molecular formula is C10H13NO3. The Hall–Kier alpha value is -1.58. The molecule has 1 heterocycles. The van der Waals surface area contributed by atoms with Crippen molar-refractivity contribution in [3.63, 3.8) is 0 Å². The lowest BCUT2D eigenvalue weighted by molar-refractivity contribution is -0.136. The van der Waals surface area contributed by atoms with Crippen molar-refractivity contribution < 1.29 is 14.6 Å². The maximum Gasteiger partial charge on any atom is 0.303 e. The van der Waals surface area contributed by atoms with Gasteiger partial charge in [-0.2, -0.15) is 0 Å². The van der Waals surface area contributed by atoms with Crippen molar-refractivity contribution in [3.8, 4) is 5.75 Å². The van der Waals surface area contributed by atoms with Crippen LogP contribution in [0.4, 0.5) is 0 Å². The van der Waals surface area contributed by atoms with Crippen LogP contribution < -0.4 is 4.74 Å². The lowest BCUT2D eigenvalue weighted by Gasteiger charge is -2.03. The minimum Gasteiger partial charge on any atom is -0.492 e. The number of carboxylic acid groups (broad SMARTS) is 1. The fourth-order valence-electron chi connectivity index (χ4n) is 1.10. The van der Waals surface area contributed by atoms with Crippen LogP contribution in [0.25, 0.3) is 0 Å². The monoisotopic (exact) mass is 195 g/mol. The smallest absolute Gasteiger partial charge is 0.303 e. The molecular weight excluding hydrogens is 182 g/mol. The van der Waals surface area contributed by atoms with Crippen molar-refractivity contribution in [2.24, 2.45) is 0 Å². The van der Waals surface area contributed by atoms with Gasteiger partial charge in [-0.15, -0.1) is 0 Å². The van der Waals surface area contributed by atoms with Crippen molar-refractivity contribution in [3.05, 3.63) is 24.0 Å². The number of rotatable bonds is 5. The minimum atomic E-state index is -0.799. The van der Waals surface area contributed by atoms with E-state index in [2.05, 4.69) is 4.98 Å². The van der Waals surface area contributed by atoms with Gasteiger partial charge in [0.25, 0.3) is 0 Å². The van der Waals surface area contributed by atoms with Crippen LogP contribution in [0.3, 0.4) is 0 Å². The molecule has 0 aliphatic heterocycles. The van der Waals surface area contributed by atoms with Gasteiger partial charge in [0.2, 0.25) is 0 Å². The van der Waals surface area contributed by atoms with Gasteiger partial charge >= 0.3 is 5.97 Å². The molecule has 4 heteroatoms. The normalized spacial score (nSPS) is 9.79. The Kier molecular flexibility index (Phi) is 3.91. The van der Waals surface area contributed by atoms with E-state index in [0.29, 0.717) is 18.8 Å². The Balaban J connectivity index is 2.58.